The van der Waals surface area contributed by atoms with Gasteiger partial charge in [-0.3, -0.25) is 4.99 Å². The highest BCUT2D eigenvalue weighted by Crippen LogP contribution is 2.18. The number of aliphatic hydroxyl groups is 1. The Hall–Kier alpha value is -1.90. The first-order valence-corrected chi connectivity index (χ1v) is 10.0. The highest BCUT2D eigenvalue weighted by atomic mass is 32.2. The highest BCUT2D eigenvalue weighted by Gasteiger charge is 2.20. The third-order valence-electron chi connectivity index (χ3n) is 3.29. The van der Waals surface area contributed by atoms with Crippen molar-refractivity contribution in [2.45, 2.75) is 23.7 Å². The molecule has 130 valence electrons. The average molecular weight is 367 g/mol. The minimum absolute atomic E-state index is 0.0864. The Morgan fingerprint density at radius 2 is 2.17 bits per heavy atom. The van der Waals surface area contributed by atoms with Gasteiger partial charge in [0, 0.05) is 5.69 Å². The average Bonchev–Trinajstić information content (AvgIpc) is 3.08. The summed E-state index contributed by atoms with van der Waals surface area (Å²) in [6.45, 7) is 1.97. The van der Waals surface area contributed by atoms with Crippen LogP contribution in [0.15, 0.2) is 51.0 Å². The van der Waals surface area contributed by atoms with Crippen LogP contribution in [0.2, 0.25) is 0 Å². The number of aliphatic hydroxyl groups excluding tert-OH is 1. The largest absolute Gasteiger partial charge is 0.390 e. The van der Waals surface area contributed by atoms with Crippen LogP contribution >= 0.6 is 11.3 Å². The molecule has 24 heavy (non-hydrogen) atoms. The van der Waals surface area contributed by atoms with E-state index in [4.69, 9.17) is 5.73 Å². The summed E-state index contributed by atoms with van der Waals surface area (Å²) in [5, 5.41) is 14.5. The lowest BCUT2D eigenvalue weighted by molar-refractivity contribution is 0.206. The van der Waals surface area contributed by atoms with Crippen molar-refractivity contribution >= 4 is 32.8 Å². The number of guanidine groups is 1. The number of aryl methyl sites for hydroxylation is 1. The molecule has 0 radical (unpaired) electrons. The van der Waals surface area contributed by atoms with E-state index in [9.17, 15) is 13.5 Å². The maximum atomic E-state index is 12.1. The molecule has 2 aromatic rings. The van der Waals surface area contributed by atoms with Crippen molar-refractivity contribution < 1.29 is 13.5 Å². The summed E-state index contributed by atoms with van der Waals surface area (Å²) >= 11 is 1.13. The van der Waals surface area contributed by atoms with E-state index in [2.05, 4.69) is 17.2 Å². The van der Waals surface area contributed by atoms with Crippen LogP contribution in [0.3, 0.4) is 0 Å². The highest BCUT2D eigenvalue weighted by molar-refractivity contribution is 7.93. The van der Waals surface area contributed by atoms with Gasteiger partial charge in [0.1, 0.15) is 4.21 Å². The van der Waals surface area contributed by atoms with E-state index < -0.39 is 15.9 Å². The standard InChI is InChI=1S/C16H21N3O3S2/c1-2-12-5-3-6-13(9-12)19-16(17)18-10-14(20)11-24(21,22)15-7-4-8-23-15/h3-9,14,20H,2,10-11H2,1H3,(H3,17,18,19). The van der Waals surface area contributed by atoms with Gasteiger partial charge in [0.15, 0.2) is 15.8 Å². The van der Waals surface area contributed by atoms with Crippen molar-refractivity contribution in [2.24, 2.45) is 10.7 Å². The molecule has 0 aliphatic heterocycles. The first-order chi connectivity index (χ1) is 11.4. The molecular formula is C16H21N3O3S2. The topological polar surface area (TPSA) is 105 Å². The molecule has 6 nitrogen and oxygen atoms in total. The lowest BCUT2D eigenvalue weighted by Gasteiger charge is -2.10. The zero-order valence-electron chi connectivity index (χ0n) is 13.3. The van der Waals surface area contributed by atoms with E-state index in [-0.39, 0.29) is 22.5 Å². The maximum absolute atomic E-state index is 12.1. The summed E-state index contributed by atoms with van der Waals surface area (Å²) in [6.07, 6.45) is -0.203. The third-order valence-corrected chi connectivity index (χ3v) is 6.58. The molecule has 0 fully saturated rings. The molecule has 1 heterocycles. The number of thiophene rings is 1. The van der Waals surface area contributed by atoms with E-state index in [1.165, 1.54) is 6.07 Å². The first-order valence-electron chi connectivity index (χ1n) is 7.51. The van der Waals surface area contributed by atoms with Gasteiger partial charge in [-0.2, -0.15) is 0 Å². The van der Waals surface area contributed by atoms with Crippen LogP contribution in [0.1, 0.15) is 12.5 Å². The van der Waals surface area contributed by atoms with Gasteiger partial charge >= 0.3 is 0 Å². The number of sulfone groups is 1. The summed E-state index contributed by atoms with van der Waals surface area (Å²) in [6, 6.07) is 10.9. The predicted molar refractivity (Wildman–Crippen MR) is 98.3 cm³/mol. The lowest BCUT2D eigenvalue weighted by atomic mass is 10.1. The van der Waals surface area contributed by atoms with Gasteiger partial charge in [-0.1, -0.05) is 25.1 Å². The summed E-state index contributed by atoms with van der Waals surface area (Å²) < 4.78 is 24.4. The van der Waals surface area contributed by atoms with Gasteiger partial charge in [-0.25, -0.2) is 8.42 Å². The minimum atomic E-state index is -3.49. The molecule has 1 unspecified atom stereocenters. The van der Waals surface area contributed by atoms with E-state index in [0.717, 1.165) is 29.0 Å². The van der Waals surface area contributed by atoms with Crippen LogP contribution in [0.5, 0.6) is 0 Å². The molecule has 0 aliphatic carbocycles. The van der Waals surface area contributed by atoms with Crippen LogP contribution in [0, 0.1) is 0 Å². The third kappa shape index (κ3) is 5.33. The van der Waals surface area contributed by atoms with Gasteiger partial charge in [-0.05, 0) is 35.6 Å². The van der Waals surface area contributed by atoms with Gasteiger partial charge in [0.25, 0.3) is 0 Å². The molecule has 2 rings (SSSR count). The number of nitrogens with zero attached hydrogens (tertiary/aromatic N) is 1. The lowest BCUT2D eigenvalue weighted by Crippen LogP contribution is -2.28. The number of hydrogen-bond donors (Lipinski definition) is 3. The monoisotopic (exact) mass is 367 g/mol. The zero-order chi connectivity index (χ0) is 17.6. The van der Waals surface area contributed by atoms with Crippen LogP contribution in [-0.4, -0.2) is 37.9 Å². The molecule has 1 atom stereocenters. The zero-order valence-corrected chi connectivity index (χ0v) is 15.0. The van der Waals surface area contributed by atoms with Gasteiger partial charge in [-0.15, -0.1) is 11.3 Å². The van der Waals surface area contributed by atoms with Crippen molar-refractivity contribution in [3.63, 3.8) is 0 Å². The van der Waals surface area contributed by atoms with E-state index in [1.807, 2.05) is 24.3 Å². The number of benzene rings is 1. The van der Waals surface area contributed by atoms with Gasteiger partial charge < -0.3 is 16.2 Å². The van der Waals surface area contributed by atoms with Crippen molar-refractivity contribution in [3.8, 4) is 0 Å². The number of hydrogen-bond acceptors (Lipinski definition) is 5. The molecule has 0 aliphatic rings. The van der Waals surface area contributed by atoms with Crippen LogP contribution in [0.4, 0.5) is 5.69 Å². The van der Waals surface area contributed by atoms with E-state index >= 15 is 0 Å². The molecule has 0 saturated heterocycles. The number of nitrogens with two attached hydrogens (primary N) is 1. The number of anilines is 1. The van der Waals surface area contributed by atoms with Crippen LogP contribution < -0.4 is 11.1 Å². The number of aliphatic imine (C=N–C) groups is 1. The Morgan fingerprint density at radius 3 is 2.83 bits per heavy atom. The van der Waals surface area contributed by atoms with Gasteiger partial charge in [0.2, 0.25) is 0 Å². The van der Waals surface area contributed by atoms with E-state index in [0.29, 0.717) is 0 Å². The Labute approximate surface area is 146 Å². The maximum Gasteiger partial charge on any atom is 0.193 e. The van der Waals surface area contributed by atoms with Crippen LogP contribution in [-0.2, 0) is 16.3 Å². The first kappa shape index (κ1) is 18.4. The minimum Gasteiger partial charge on any atom is -0.390 e. The Bertz CT molecular complexity index is 787. The number of rotatable bonds is 7. The quantitative estimate of drug-likeness (QED) is 0.512. The number of nitrogens with one attached hydrogen (secondary N) is 1. The van der Waals surface area contributed by atoms with Crippen molar-refractivity contribution in [3.05, 3.63) is 47.3 Å². The predicted octanol–water partition coefficient (Wildman–Crippen LogP) is 1.87. The molecule has 4 N–H and O–H groups in total. The second kappa shape index (κ2) is 8.27. The smallest absolute Gasteiger partial charge is 0.193 e. The molecule has 1 aromatic carbocycles. The normalized spacial score (nSPS) is 13.7. The fourth-order valence-corrected chi connectivity index (χ4v) is 4.56. The second-order valence-corrected chi connectivity index (χ2v) is 8.48. The van der Waals surface area contributed by atoms with E-state index in [1.54, 1.807) is 11.4 Å². The van der Waals surface area contributed by atoms with Crippen molar-refractivity contribution in [1.29, 1.82) is 0 Å². The van der Waals surface area contributed by atoms with Gasteiger partial charge in [0.05, 0.1) is 18.4 Å². The fraction of sp³-hybridized carbons (Fsp3) is 0.312. The Morgan fingerprint density at radius 1 is 1.38 bits per heavy atom. The Balaban J connectivity index is 1.91. The molecule has 0 saturated carbocycles. The molecule has 0 bridgehead atoms. The SMILES string of the molecule is CCc1cccc(NC(N)=NCC(O)CS(=O)(=O)c2cccs2)c1. The Kier molecular flexibility index (Phi) is 6.36. The molecular weight excluding hydrogens is 346 g/mol. The second-order valence-electron chi connectivity index (χ2n) is 5.27. The van der Waals surface area contributed by atoms with Crippen molar-refractivity contribution in [2.75, 3.05) is 17.6 Å². The molecule has 1 aromatic heterocycles. The van der Waals surface area contributed by atoms with Crippen LogP contribution in [0.25, 0.3) is 0 Å². The summed E-state index contributed by atoms with van der Waals surface area (Å²) in [5.41, 5.74) is 7.75. The molecule has 8 heteroatoms. The summed E-state index contributed by atoms with van der Waals surface area (Å²) in [4.78, 5) is 4.01. The van der Waals surface area contributed by atoms with Crippen molar-refractivity contribution in [1.82, 2.24) is 0 Å². The summed E-state index contributed by atoms with van der Waals surface area (Å²) in [5.74, 6) is -0.244. The fourth-order valence-electron chi connectivity index (χ4n) is 2.09. The molecule has 0 spiro atoms. The molecule has 0 amide bonds. The summed E-state index contributed by atoms with van der Waals surface area (Å²) in [7, 11) is -3.49.